The number of piperidine rings is 1. The van der Waals surface area contributed by atoms with Crippen LogP contribution in [0.4, 0.5) is 0 Å². The molecule has 1 saturated heterocycles. The second-order valence-corrected chi connectivity index (χ2v) is 5.42. The van der Waals surface area contributed by atoms with E-state index >= 15 is 0 Å². The highest BCUT2D eigenvalue weighted by Gasteiger charge is 2.33. The monoisotopic (exact) mass is 288 g/mol. The van der Waals surface area contributed by atoms with Crippen LogP contribution in [0.1, 0.15) is 54.4 Å². The summed E-state index contributed by atoms with van der Waals surface area (Å²) in [6.45, 7) is 2.72. The predicted octanol–water partition coefficient (Wildman–Crippen LogP) is 2.34. The Labute approximate surface area is 123 Å². The predicted molar refractivity (Wildman–Crippen MR) is 76.7 cm³/mol. The maximum absolute atomic E-state index is 12.8. The SMILES string of the molecule is CCc1noc(C2CCCCN2C(=O)c2cccn2C)n1. The second kappa shape index (κ2) is 5.71. The molecule has 0 bridgehead atoms. The van der Waals surface area contributed by atoms with Crippen LogP contribution >= 0.6 is 0 Å². The van der Waals surface area contributed by atoms with Crippen molar-refractivity contribution < 1.29 is 9.32 Å². The van der Waals surface area contributed by atoms with Crippen LogP contribution in [0.15, 0.2) is 22.9 Å². The van der Waals surface area contributed by atoms with Crippen molar-refractivity contribution >= 4 is 5.91 Å². The molecular weight excluding hydrogens is 268 g/mol. The molecule has 2 aromatic rings. The number of nitrogens with zero attached hydrogens (tertiary/aromatic N) is 4. The molecule has 112 valence electrons. The van der Waals surface area contributed by atoms with E-state index in [1.807, 2.05) is 41.8 Å². The Morgan fingerprint density at radius 2 is 2.33 bits per heavy atom. The van der Waals surface area contributed by atoms with Gasteiger partial charge in [-0.2, -0.15) is 4.98 Å². The van der Waals surface area contributed by atoms with Gasteiger partial charge in [0.25, 0.3) is 5.91 Å². The zero-order valence-electron chi connectivity index (χ0n) is 12.5. The van der Waals surface area contributed by atoms with E-state index in [2.05, 4.69) is 10.1 Å². The quantitative estimate of drug-likeness (QED) is 0.869. The lowest BCUT2D eigenvalue weighted by molar-refractivity contribution is 0.0551. The first-order valence-corrected chi connectivity index (χ1v) is 7.45. The molecule has 1 aliphatic rings. The van der Waals surface area contributed by atoms with Crippen molar-refractivity contribution in [2.75, 3.05) is 6.54 Å². The minimum atomic E-state index is -0.103. The van der Waals surface area contributed by atoms with Crippen LogP contribution in [-0.4, -0.2) is 32.1 Å². The highest BCUT2D eigenvalue weighted by atomic mass is 16.5. The Morgan fingerprint density at radius 3 is 3.00 bits per heavy atom. The van der Waals surface area contributed by atoms with Gasteiger partial charge in [0, 0.05) is 26.2 Å². The smallest absolute Gasteiger partial charge is 0.271 e. The summed E-state index contributed by atoms with van der Waals surface area (Å²) >= 11 is 0. The molecule has 1 unspecified atom stereocenters. The summed E-state index contributed by atoms with van der Waals surface area (Å²) in [7, 11) is 1.88. The van der Waals surface area contributed by atoms with Crippen molar-refractivity contribution in [3.8, 4) is 0 Å². The van der Waals surface area contributed by atoms with Gasteiger partial charge in [0.05, 0.1) is 0 Å². The third-order valence-electron chi connectivity index (χ3n) is 4.01. The van der Waals surface area contributed by atoms with Crippen LogP contribution in [0.2, 0.25) is 0 Å². The maximum atomic E-state index is 12.8. The van der Waals surface area contributed by atoms with E-state index < -0.39 is 0 Å². The van der Waals surface area contributed by atoms with Crippen molar-refractivity contribution in [3.05, 3.63) is 35.7 Å². The molecule has 0 aromatic carbocycles. The Kier molecular flexibility index (Phi) is 3.77. The van der Waals surface area contributed by atoms with E-state index in [1.54, 1.807) is 0 Å². The van der Waals surface area contributed by atoms with Gasteiger partial charge >= 0.3 is 0 Å². The van der Waals surface area contributed by atoms with Crippen molar-refractivity contribution in [1.29, 1.82) is 0 Å². The summed E-state index contributed by atoms with van der Waals surface area (Å²) in [6.07, 6.45) is 5.59. The highest BCUT2D eigenvalue weighted by Crippen LogP contribution is 2.31. The van der Waals surface area contributed by atoms with Crippen LogP contribution < -0.4 is 0 Å². The molecule has 6 heteroatoms. The molecule has 6 nitrogen and oxygen atoms in total. The summed E-state index contributed by atoms with van der Waals surface area (Å²) < 4.78 is 7.21. The highest BCUT2D eigenvalue weighted by molar-refractivity contribution is 5.93. The first-order chi connectivity index (χ1) is 10.2. The van der Waals surface area contributed by atoms with Crippen LogP contribution in [0.5, 0.6) is 0 Å². The standard InChI is InChI=1S/C15H20N4O2/c1-3-13-16-14(21-17-13)11-7-4-5-10-19(11)15(20)12-8-6-9-18(12)2/h6,8-9,11H,3-5,7,10H2,1-2H3. The summed E-state index contributed by atoms with van der Waals surface area (Å²) in [5.74, 6) is 1.29. The summed E-state index contributed by atoms with van der Waals surface area (Å²) in [5, 5.41) is 3.95. The topological polar surface area (TPSA) is 64.2 Å². The average Bonchev–Trinajstić information content (AvgIpc) is 3.15. The van der Waals surface area contributed by atoms with Crippen LogP contribution in [-0.2, 0) is 13.5 Å². The molecule has 1 atom stereocenters. The Bertz CT molecular complexity index is 631. The van der Waals surface area contributed by atoms with E-state index in [1.165, 1.54) is 0 Å². The molecule has 3 rings (SSSR count). The number of aryl methyl sites for hydroxylation is 2. The molecule has 0 radical (unpaired) electrons. The normalized spacial score (nSPS) is 19.0. The summed E-state index contributed by atoms with van der Waals surface area (Å²) in [4.78, 5) is 19.0. The minimum absolute atomic E-state index is 0.0310. The van der Waals surface area contributed by atoms with Gasteiger partial charge in [0.15, 0.2) is 5.82 Å². The van der Waals surface area contributed by atoms with Gasteiger partial charge in [-0.1, -0.05) is 12.1 Å². The number of carbonyl (C=O) groups is 1. The molecule has 3 heterocycles. The zero-order chi connectivity index (χ0) is 14.8. The van der Waals surface area contributed by atoms with Gasteiger partial charge in [-0.15, -0.1) is 0 Å². The molecule has 0 spiro atoms. The summed E-state index contributed by atoms with van der Waals surface area (Å²) in [5.41, 5.74) is 0.692. The number of hydrogen-bond acceptors (Lipinski definition) is 4. The first-order valence-electron chi connectivity index (χ1n) is 7.45. The van der Waals surface area contributed by atoms with Gasteiger partial charge in [-0.3, -0.25) is 4.79 Å². The lowest BCUT2D eigenvalue weighted by Gasteiger charge is -2.33. The lowest BCUT2D eigenvalue weighted by Crippen LogP contribution is -2.39. The van der Waals surface area contributed by atoms with E-state index in [0.29, 0.717) is 17.4 Å². The Hall–Kier alpha value is -2.11. The van der Waals surface area contributed by atoms with Crippen LogP contribution in [0.3, 0.4) is 0 Å². The van der Waals surface area contributed by atoms with Crippen LogP contribution in [0.25, 0.3) is 0 Å². The fourth-order valence-electron chi connectivity index (χ4n) is 2.81. The molecule has 0 N–H and O–H groups in total. The van der Waals surface area contributed by atoms with Gasteiger partial charge < -0.3 is 14.0 Å². The maximum Gasteiger partial charge on any atom is 0.271 e. The van der Waals surface area contributed by atoms with E-state index in [4.69, 9.17) is 4.52 Å². The lowest BCUT2D eigenvalue weighted by atomic mass is 10.0. The molecule has 0 aliphatic carbocycles. The van der Waals surface area contributed by atoms with Crippen molar-refractivity contribution in [2.24, 2.45) is 7.05 Å². The number of aromatic nitrogens is 3. The molecular formula is C15H20N4O2. The van der Waals surface area contributed by atoms with Crippen molar-refractivity contribution in [1.82, 2.24) is 19.6 Å². The van der Waals surface area contributed by atoms with Gasteiger partial charge in [0.1, 0.15) is 11.7 Å². The van der Waals surface area contributed by atoms with E-state index in [-0.39, 0.29) is 11.9 Å². The number of likely N-dealkylation sites (tertiary alicyclic amines) is 1. The third kappa shape index (κ3) is 2.57. The third-order valence-corrected chi connectivity index (χ3v) is 4.01. The number of rotatable bonds is 3. The number of amides is 1. The fourth-order valence-corrected chi connectivity index (χ4v) is 2.81. The van der Waals surface area contributed by atoms with E-state index in [0.717, 1.165) is 32.2 Å². The molecule has 21 heavy (non-hydrogen) atoms. The van der Waals surface area contributed by atoms with Gasteiger partial charge in [-0.25, -0.2) is 0 Å². The van der Waals surface area contributed by atoms with Gasteiger partial charge in [0.2, 0.25) is 5.89 Å². The first kappa shape index (κ1) is 13.9. The average molecular weight is 288 g/mol. The van der Waals surface area contributed by atoms with Crippen molar-refractivity contribution in [2.45, 2.75) is 38.6 Å². The zero-order valence-corrected chi connectivity index (χ0v) is 12.5. The molecule has 1 aliphatic heterocycles. The number of carbonyl (C=O) groups excluding carboxylic acids is 1. The Morgan fingerprint density at radius 1 is 1.48 bits per heavy atom. The summed E-state index contributed by atoms with van der Waals surface area (Å²) in [6, 6.07) is 3.63. The second-order valence-electron chi connectivity index (χ2n) is 5.42. The van der Waals surface area contributed by atoms with E-state index in [9.17, 15) is 4.79 Å². The largest absolute Gasteiger partial charge is 0.347 e. The minimum Gasteiger partial charge on any atom is -0.347 e. The van der Waals surface area contributed by atoms with Crippen molar-refractivity contribution in [3.63, 3.8) is 0 Å². The molecule has 1 amide bonds. The fraction of sp³-hybridized carbons (Fsp3) is 0.533. The Balaban J connectivity index is 1.87. The molecule has 0 saturated carbocycles. The van der Waals surface area contributed by atoms with Gasteiger partial charge in [-0.05, 0) is 31.4 Å². The van der Waals surface area contributed by atoms with Crippen LogP contribution in [0, 0.1) is 0 Å². The molecule has 2 aromatic heterocycles. The molecule has 1 fully saturated rings. The number of hydrogen-bond donors (Lipinski definition) is 0.